The van der Waals surface area contributed by atoms with Gasteiger partial charge in [0.15, 0.2) is 11.4 Å². The van der Waals surface area contributed by atoms with Crippen LogP contribution >= 0.6 is 0 Å². The molecule has 0 bridgehead atoms. The number of nitrogens with one attached hydrogen (secondary N) is 1. The van der Waals surface area contributed by atoms with Crippen molar-refractivity contribution >= 4 is 39.9 Å². The second-order valence-corrected chi connectivity index (χ2v) is 12.4. The van der Waals surface area contributed by atoms with E-state index in [0.717, 1.165) is 50.9 Å². The van der Waals surface area contributed by atoms with Gasteiger partial charge < -0.3 is 15.1 Å². The van der Waals surface area contributed by atoms with Crippen LogP contribution in [-0.2, 0) is 22.6 Å². The van der Waals surface area contributed by atoms with Gasteiger partial charge in [-0.25, -0.2) is 0 Å². The Morgan fingerprint density at radius 3 is 2.65 bits per heavy atom. The highest BCUT2D eigenvalue weighted by molar-refractivity contribution is 5.97. The molecule has 0 saturated carbocycles. The van der Waals surface area contributed by atoms with E-state index < -0.39 is 0 Å². The molecule has 236 valence electrons. The van der Waals surface area contributed by atoms with Gasteiger partial charge in [-0.1, -0.05) is 62.4 Å². The molecule has 6 rings (SSSR count). The third-order valence-electron chi connectivity index (χ3n) is 8.30. The van der Waals surface area contributed by atoms with Crippen LogP contribution in [-0.4, -0.2) is 74.8 Å². The van der Waals surface area contributed by atoms with Gasteiger partial charge in [0.1, 0.15) is 5.78 Å². The first-order valence-electron chi connectivity index (χ1n) is 15.8. The number of piperidine rings is 1. The number of benzene rings is 2. The summed E-state index contributed by atoms with van der Waals surface area (Å²) in [5, 5.41) is 10.2. The summed E-state index contributed by atoms with van der Waals surface area (Å²) in [6.45, 7) is 6.70. The molecule has 1 aliphatic heterocycles. The van der Waals surface area contributed by atoms with Crippen molar-refractivity contribution in [1.29, 1.82) is 0 Å². The standard InChI is InChI=1S/C36H40N8O2/c1-24(2)32-23-39-44-34(32)40-36(43-18-14-28(45)15-19-43)41-35(44)38-22-27-8-5-6-10-30(27)33-31-12-11-25(20-26(31)13-16-37-33)21-29(46)9-7-17-42(3)4/h5-13,16,20,23-24H,14-15,17-19,21-22H2,1-4H3,(H,38,40,41)/b9-7+. The van der Waals surface area contributed by atoms with Crippen LogP contribution in [0.15, 0.2) is 73.1 Å². The largest absolute Gasteiger partial charge is 0.350 e. The first-order chi connectivity index (χ1) is 22.3. The van der Waals surface area contributed by atoms with Crippen molar-refractivity contribution in [3.05, 3.63) is 89.8 Å². The zero-order chi connectivity index (χ0) is 32.2. The number of likely N-dealkylation sites (N-methyl/N-ethyl adjacent to an activating group) is 1. The van der Waals surface area contributed by atoms with Gasteiger partial charge in [0.2, 0.25) is 11.9 Å². The van der Waals surface area contributed by atoms with Crippen LogP contribution in [0, 0.1) is 0 Å². The molecule has 0 unspecified atom stereocenters. The molecule has 2 aromatic carbocycles. The van der Waals surface area contributed by atoms with Gasteiger partial charge in [-0.05, 0) is 48.7 Å². The Labute approximate surface area is 269 Å². The van der Waals surface area contributed by atoms with Gasteiger partial charge in [-0.3, -0.25) is 14.6 Å². The lowest BCUT2D eigenvalue weighted by Gasteiger charge is -2.26. The number of fused-ring (bicyclic) bond motifs is 2. The number of allylic oxidation sites excluding steroid dienone is 1. The third kappa shape index (κ3) is 6.82. The number of pyridine rings is 1. The van der Waals surface area contributed by atoms with E-state index in [1.54, 1.807) is 10.6 Å². The molecule has 10 heteroatoms. The Bertz CT molecular complexity index is 1920. The molecule has 1 N–H and O–H groups in total. The molecule has 10 nitrogen and oxygen atoms in total. The van der Waals surface area contributed by atoms with E-state index in [2.05, 4.69) is 53.4 Å². The number of hydrogen-bond acceptors (Lipinski definition) is 9. The number of hydrogen-bond donors (Lipinski definition) is 1. The van der Waals surface area contributed by atoms with Crippen LogP contribution in [0.3, 0.4) is 0 Å². The summed E-state index contributed by atoms with van der Waals surface area (Å²) in [6.07, 6.45) is 8.61. The molecule has 1 aliphatic rings. The van der Waals surface area contributed by atoms with Gasteiger partial charge in [0.05, 0.1) is 11.9 Å². The maximum atomic E-state index is 12.5. The van der Waals surface area contributed by atoms with Gasteiger partial charge in [0.25, 0.3) is 0 Å². The fourth-order valence-electron chi connectivity index (χ4n) is 5.79. The maximum absolute atomic E-state index is 12.5. The molecule has 5 aromatic rings. The van der Waals surface area contributed by atoms with E-state index in [1.807, 2.05) is 61.7 Å². The number of nitrogens with zero attached hydrogens (tertiary/aromatic N) is 7. The minimum atomic E-state index is 0.0837. The highest BCUT2D eigenvalue weighted by Crippen LogP contribution is 2.31. The van der Waals surface area contributed by atoms with Gasteiger partial charge in [-0.15, -0.1) is 0 Å². The second-order valence-electron chi connectivity index (χ2n) is 12.4. The second kappa shape index (κ2) is 13.6. The summed E-state index contributed by atoms with van der Waals surface area (Å²) in [5.41, 5.74) is 5.74. The van der Waals surface area contributed by atoms with Crippen molar-refractivity contribution in [3.8, 4) is 11.3 Å². The van der Waals surface area contributed by atoms with Crippen LogP contribution in [0.5, 0.6) is 0 Å². The number of anilines is 2. The minimum absolute atomic E-state index is 0.0837. The van der Waals surface area contributed by atoms with Crippen molar-refractivity contribution in [1.82, 2.24) is 29.5 Å². The fourth-order valence-corrected chi connectivity index (χ4v) is 5.79. The number of Topliss-reactive ketones (excluding diaryl/α,β-unsaturated/α-hetero) is 1. The molecule has 3 aromatic heterocycles. The Kier molecular flexibility index (Phi) is 9.16. The molecule has 0 aliphatic carbocycles. The molecule has 0 spiro atoms. The summed E-state index contributed by atoms with van der Waals surface area (Å²) < 4.78 is 1.77. The Morgan fingerprint density at radius 1 is 1.07 bits per heavy atom. The zero-order valence-corrected chi connectivity index (χ0v) is 26.9. The molecular weight excluding hydrogens is 576 g/mol. The monoisotopic (exact) mass is 616 g/mol. The van der Waals surface area contributed by atoms with Crippen LogP contribution in [0.4, 0.5) is 11.9 Å². The molecular formula is C36H40N8O2. The van der Waals surface area contributed by atoms with Crippen LogP contribution in [0.25, 0.3) is 27.7 Å². The summed E-state index contributed by atoms with van der Waals surface area (Å²) in [6, 6.07) is 16.4. The predicted octanol–water partition coefficient (Wildman–Crippen LogP) is 5.47. The molecule has 1 saturated heterocycles. The average Bonchev–Trinajstić information content (AvgIpc) is 3.48. The van der Waals surface area contributed by atoms with Crippen molar-refractivity contribution in [2.45, 2.75) is 45.6 Å². The maximum Gasteiger partial charge on any atom is 0.230 e. The third-order valence-corrected chi connectivity index (χ3v) is 8.30. The van der Waals surface area contributed by atoms with Crippen LogP contribution in [0.2, 0.25) is 0 Å². The summed E-state index contributed by atoms with van der Waals surface area (Å²) >= 11 is 0. The van der Waals surface area contributed by atoms with Crippen LogP contribution in [0.1, 0.15) is 49.3 Å². The number of carbonyl (C=O) groups is 2. The molecule has 4 heterocycles. The minimum Gasteiger partial charge on any atom is -0.350 e. The number of rotatable bonds is 11. The van der Waals surface area contributed by atoms with Crippen molar-refractivity contribution in [2.75, 3.05) is 43.9 Å². The van der Waals surface area contributed by atoms with Crippen molar-refractivity contribution in [2.24, 2.45) is 0 Å². The van der Waals surface area contributed by atoms with E-state index in [4.69, 9.17) is 15.0 Å². The van der Waals surface area contributed by atoms with Gasteiger partial charge in [0, 0.05) is 68.2 Å². The lowest BCUT2D eigenvalue weighted by Crippen LogP contribution is -2.35. The number of aromatic nitrogens is 5. The van der Waals surface area contributed by atoms with E-state index in [0.29, 0.717) is 50.8 Å². The molecule has 0 amide bonds. The topological polar surface area (TPSA) is 109 Å². The lowest BCUT2D eigenvalue weighted by atomic mass is 9.97. The first-order valence-corrected chi connectivity index (χ1v) is 15.8. The SMILES string of the molecule is CC(C)c1cnn2c(NCc3ccccc3-c3nccc4cc(CC(=O)/C=C/CN(C)C)ccc34)nc(N3CCC(=O)CC3)nc12. The Hall–Kier alpha value is -4.96. The van der Waals surface area contributed by atoms with Gasteiger partial charge in [-0.2, -0.15) is 19.6 Å². The lowest BCUT2D eigenvalue weighted by molar-refractivity contribution is -0.119. The van der Waals surface area contributed by atoms with Crippen LogP contribution < -0.4 is 10.2 Å². The van der Waals surface area contributed by atoms with Crippen molar-refractivity contribution in [3.63, 3.8) is 0 Å². The zero-order valence-electron chi connectivity index (χ0n) is 26.9. The average molecular weight is 617 g/mol. The predicted molar refractivity (Wildman–Crippen MR) is 182 cm³/mol. The summed E-state index contributed by atoms with van der Waals surface area (Å²) in [7, 11) is 3.96. The highest BCUT2D eigenvalue weighted by Gasteiger charge is 2.22. The Balaban J connectivity index is 1.28. The normalized spacial score (nSPS) is 14.0. The van der Waals surface area contributed by atoms with Gasteiger partial charge >= 0.3 is 0 Å². The Morgan fingerprint density at radius 2 is 1.87 bits per heavy atom. The van der Waals surface area contributed by atoms with Crippen molar-refractivity contribution < 1.29 is 9.59 Å². The van der Waals surface area contributed by atoms with E-state index >= 15 is 0 Å². The fraction of sp³-hybridized carbons (Fsp3) is 0.333. The molecule has 0 atom stereocenters. The quantitative estimate of drug-likeness (QED) is 0.193. The molecule has 0 radical (unpaired) electrons. The van der Waals surface area contributed by atoms with E-state index in [9.17, 15) is 9.59 Å². The first kappa shape index (κ1) is 31.0. The molecule has 46 heavy (non-hydrogen) atoms. The molecule has 1 fully saturated rings. The summed E-state index contributed by atoms with van der Waals surface area (Å²) in [5.74, 6) is 1.81. The number of ketones is 2. The summed E-state index contributed by atoms with van der Waals surface area (Å²) in [4.78, 5) is 43.1. The van der Waals surface area contributed by atoms with E-state index in [1.165, 1.54) is 0 Å². The smallest absolute Gasteiger partial charge is 0.230 e. The van der Waals surface area contributed by atoms with E-state index in [-0.39, 0.29) is 17.5 Å². The highest BCUT2D eigenvalue weighted by atomic mass is 16.1. The number of carbonyl (C=O) groups excluding carboxylic acids is 2.